The smallest absolute Gasteiger partial charge is 0.339 e. The van der Waals surface area contributed by atoms with Gasteiger partial charge in [0.15, 0.2) is 0 Å². The van der Waals surface area contributed by atoms with Gasteiger partial charge in [0.25, 0.3) is 0 Å². The van der Waals surface area contributed by atoms with E-state index in [4.69, 9.17) is 5.11 Å². The lowest BCUT2D eigenvalue weighted by Crippen LogP contribution is -2.04. The summed E-state index contributed by atoms with van der Waals surface area (Å²) >= 11 is 4.98. The molecule has 2 aromatic rings. The zero-order chi connectivity index (χ0) is 13.0. The third-order valence-electron chi connectivity index (χ3n) is 2.23. The van der Waals surface area contributed by atoms with Crippen molar-refractivity contribution >= 4 is 33.7 Å². The number of nitrogens with zero attached hydrogens (tertiary/aromatic N) is 2. The maximum atomic E-state index is 11.0. The van der Waals surface area contributed by atoms with Gasteiger partial charge in [0.1, 0.15) is 11.9 Å². The number of halogens is 1. The summed E-state index contributed by atoms with van der Waals surface area (Å²) in [5.74, 6) is -0.509. The van der Waals surface area contributed by atoms with E-state index in [0.717, 1.165) is 9.37 Å². The summed E-state index contributed by atoms with van der Waals surface area (Å²) in [4.78, 5) is 19.8. The van der Waals surface area contributed by atoms with Crippen LogP contribution in [0.2, 0.25) is 0 Å². The molecule has 0 unspecified atom stereocenters. The van der Waals surface area contributed by atoms with Crippen molar-refractivity contribution in [2.24, 2.45) is 0 Å². The zero-order valence-corrected chi connectivity index (χ0v) is 11.6. The van der Waals surface area contributed by atoms with E-state index in [0.29, 0.717) is 11.4 Å². The molecule has 2 rings (SSSR count). The van der Waals surface area contributed by atoms with E-state index >= 15 is 0 Å². The van der Waals surface area contributed by atoms with E-state index in [-0.39, 0.29) is 5.56 Å². The summed E-state index contributed by atoms with van der Waals surface area (Å²) in [5.41, 5.74) is 0.676. The molecule has 1 aromatic carbocycles. The number of carbonyl (C=O) groups is 1. The van der Waals surface area contributed by atoms with Crippen LogP contribution in [-0.4, -0.2) is 21.0 Å². The molecular weight excluding hydrogens is 316 g/mol. The largest absolute Gasteiger partial charge is 0.478 e. The second kappa shape index (κ2) is 5.97. The van der Waals surface area contributed by atoms with Crippen LogP contribution in [0.25, 0.3) is 0 Å². The number of aromatic nitrogens is 2. The fraction of sp³-hybridized carbons (Fsp3) is 0.0833. The first-order valence-corrected chi connectivity index (χ1v) is 6.86. The number of rotatable bonds is 4. The molecule has 6 heteroatoms. The fourth-order valence-electron chi connectivity index (χ4n) is 1.36. The Morgan fingerprint density at radius 3 is 2.89 bits per heavy atom. The average Bonchev–Trinajstić information content (AvgIpc) is 2.38. The SMILES string of the molecule is O=C(O)c1cncnc1CSc1ccccc1Br. The first-order chi connectivity index (χ1) is 8.68. The third-order valence-corrected chi connectivity index (χ3v) is 4.26. The van der Waals surface area contributed by atoms with Crippen molar-refractivity contribution in [3.8, 4) is 0 Å². The van der Waals surface area contributed by atoms with Crippen LogP contribution < -0.4 is 0 Å². The van der Waals surface area contributed by atoms with E-state index in [2.05, 4.69) is 25.9 Å². The molecule has 1 heterocycles. The monoisotopic (exact) mass is 324 g/mol. The molecule has 0 saturated carbocycles. The molecule has 0 saturated heterocycles. The molecule has 1 N–H and O–H groups in total. The highest BCUT2D eigenvalue weighted by molar-refractivity contribution is 9.10. The highest BCUT2D eigenvalue weighted by Crippen LogP contribution is 2.29. The van der Waals surface area contributed by atoms with Crippen molar-refractivity contribution in [2.45, 2.75) is 10.6 Å². The van der Waals surface area contributed by atoms with Gasteiger partial charge in [-0.05, 0) is 28.1 Å². The Kier molecular flexibility index (Phi) is 4.33. The Hall–Kier alpha value is -1.40. The van der Waals surface area contributed by atoms with Crippen molar-refractivity contribution in [1.82, 2.24) is 9.97 Å². The van der Waals surface area contributed by atoms with E-state index in [1.165, 1.54) is 24.3 Å². The van der Waals surface area contributed by atoms with Gasteiger partial charge in [0.05, 0.1) is 5.69 Å². The molecule has 0 amide bonds. The van der Waals surface area contributed by atoms with E-state index in [9.17, 15) is 4.79 Å². The average molecular weight is 325 g/mol. The Balaban J connectivity index is 2.16. The highest BCUT2D eigenvalue weighted by Gasteiger charge is 2.11. The third kappa shape index (κ3) is 3.08. The number of aromatic carboxylic acids is 1. The second-order valence-corrected chi connectivity index (χ2v) is 5.28. The summed E-state index contributed by atoms with van der Waals surface area (Å²) in [6, 6.07) is 7.78. The number of carboxylic acid groups (broad SMARTS) is 1. The Morgan fingerprint density at radius 1 is 1.39 bits per heavy atom. The zero-order valence-electron chi connectivity index (χ0n) is 9.21. The lowest BCUT2D eigenvalue weighted by Gasteiger charge is -2.05. The quantitative estimate of drug-likeness (QED) is 0.875. The van der Waals surface area contributed by atoms with Crippen LogP contribution in [0.3, 0.4) is 0 Å². The Bertz CT molecular complexity index is 578. The van der Waals surface area contributed by atoms with Crippen molar-refractivity contribution in [3.63, 3.8) is 0 Å². The summed E-state index contributed by atoms with van der Waals surface area (Å²) in [5, 5.41) is 9.02. The molecule has 18 heavy (non-hydrogen) atoms. The van der Waals surface area contributed by atoms with Gasteiger partial charge in [-0.25, -0.2) is 14.8 Å². The minimum Gasteiger partial charge on any atom is -0.478 e. The van der Waals surface area contributed by atoms with Gasteiger partial charge in [0, 0.05) is 21.3 Å². The summed E-state index contributed by atoms with van der Waals surface area (Å²) in [6.45, 7) is 0. The van der Waals surface area contributed by atoms with Crippen LogP contribution in [0.4, 0.5) is 0 Å². The van der Waals surface area contributed by atoms with Gasteiger partial charge in [-0.1, -0.05) is 12.1 Å². The topological polar surface area (TPSA) is 63.1 Å². The highest BCUT2D eigenvalue weighted by atomic mass is 79.9. The van der Waals surface area contributed by atoms with Crippen molar-refractivity contribution in [3.05, 3.63) is 52.5 Å². The van der Waals surface area contributed by atoms with Crippen LogP contribution in [0.15, 0.2) is 46.2 Å². The van der Waals surface area contributed by atoms with Gasteiger partial charge in [-0.3, -0.25) is 0 Å². The first kappa shape index (κ1) is 13.0. The summed E-state index contributed by atoms with van der Waals surface area (Å²) < 4.78 is 0.987. The van der Waals surface area contributed by atoms with Crippen LogP contribution in [0.1, 0.15) is 16.1 Å². The number of carboxylic acids is 1. The van der Waals surface area contributed by atoms with Crippen molar-refractivity contribution in [2.75, 3.05) is 0 Å². The molecule has 0 spiro atoms. The van der Waals surface area contributed by atoms with Crippen molar-refractivity contribution in [1.29, 1.82) is 0 Å². The predicted molar refractivity (Wildman–Crippen MR) is 72.7 cm³/mol. The van der Waals surface area contributed by atoms with Crippen LogP contribution >= 0.6 is 27.7 Å². The minimum atomic E-state index is -1.00. The first-order valence-electron chi connectivity index (χ1n) is 5.08. The predicted octanol–water partition coefficient (Wildman–Crippen LogP) is 3.23. The molecule has 0 fully saturated rings. The number of thioether (sulfide) groups is 1. The maximum Gasteiger partial charge on any atom is 0.339 e. The molecule has 0 atom stereocenters. The van der Waals surface area contributed by atoms with Gasteiger partial charge in [-0.15, -0.1) is 11.8 Å². The standard InChI is InChI=1S/C12H9BrN2O2S/c13-9-3-1-2-4-11(9)18-6-10-8(12(16)17)5-14-7-15-10/h1-5,7H,6H2,(H,16,17). The Morgan fingerprint density at radius 2 is 2.17 bits per heavy atom. The molecule has 4 nitrogen and oxygen atoms in total. The maximum absolute atomic E-state index is 11.0. The molecule has 0 radical (unpaired) electrons. The number of hydrogen-bond acceptors (Lipinski definition) is 4. The molecule has 92 valence electrons. The fourth-order valence-corrected chi connectivity index (χ4v) is 2.89. The lowest BCUT2D eigenvalue weighted by atomic mass is 10.2. The van der Waals surface area contributed by atoms with Crippen molar-refractivity contribution < 1.29 is 9.90 Å². The molecule has 0 aliphatic heterocycles. The minimum absolute atomic E-state index is 0.150. The summed E-state index contributed by atoms with van der Waals surface area (Å²) in [6.07, 6.45) is 2.69. The number of benzene rings is 1. The van der Waals surface area contributed by atoms with E-state index < -0.39 is 5.97 Å². The molecular formula is C12H9BrN2O2S. The van der Waals surface area contributed by atoms with E-state index in [1.54, 1.807) is 0 Å². The van der Waals surface area contributed by atoms with Gasteiger partial charge < -0.3 is 5.11 Å². The van der Waals surface area contributed by atoms with Crippen LogP contribution in [0, 0.1) is 0 Å². The van der Waals surface area contributed by atoms with Gasteiger partial charge in [0.2, 0.25) is 0 Å². The lowest BCUT2D eigenvalue weighted by molar-refractivity contribution is 0.0695. The van der Waals surface area contributed by atoms with Gasteiger partial charge >= 0.3 is 5.97 Å². The van der Waals surface area contributed by atoms with E-state index in [1.807, 2.05) is 24.3 Å². The summed E-state index contributed by atoms with van der Waals surface area (Å²) in [7, 11) is 0. The van der Waals surface area contributed by atoms with Gasteiger partial charge in [-0.2, -0.15) is 0 Å². The Labute approximate surface area is 117 Å². The van der Waals surface area contributed by atoms with Crippen LogP contribution in [-0.2, 0) is 5.75 Å². The number of hydrogen-bond donors (Lipinski definition) is 1. The normalized spacial score (nSPS) is 10.3. The molecule has 1 aromatic heterocycles. The second-order valence-electron chi connectivity index (χ2n) is 3.41. The van der Waals surface area contributed by atoms with Crippen LogP contribution in [0.5, 0.6) is 0 Å². The molecule has 0 aliphatic carbocycles. The molecule has 0 aliphatic rings. The molecule has 0 bridgehead atoms.